The lowest BCUT2D eigenvalue weighted by Gasteiger charge is -2.27. The van der Waals surface area contributed by atoms with Crippen molar-refractivity contribution < 1.29 is 17.9 Å². The summed E-state index contributed by atoms with van der Waals surface area (Å²) in [5.41, 5.74) is -0.538. The van der Waals surface area contributed by atoms with Crippen LogP contribution in [0.15, 0.2) is 34.2 Å². The maximum atomic E-state index is 13.0. The third-order valence-electron chi connectivity index (χ3n) is 4.90. The zero-order valence-corrected chi connectivity index (χ0v) is 18.2. The molecule has 29 heavy (non-hydrogen) atoms. The van der Waals surface area contributed by atoms with E-state index in [9.17, 15) is 18.0 Å². The van der Waals surface area contributed by atoms with E-state index in [-0.39, 0.29) is 16.6 Å². The maximum Gasteiger partial charge on any atom is 0.252 e. The van der Waals surface area contributed by atoms with Gasteiger partial charge in [0.05, 0.1) is 16.8 Å². The summed E-state index contributed by atoms with van der Waals surface area (Å²) in [4.78, 5) is 29.7. The zero-order chi connectivity index (χ0) is 21.0. The average molecular weight is 460 g/mol. The van der Waals surface area contributed by atoms with E-state index < -0.39 is 27.3 Å². The number of carbonyl (C=O) groups excluding carboxylic acids is 1. The number of thiazole rings is 1. The summed E-state index contributed by atoms with van der Waals surface area (Å²) in [6, 6.07) is 1.64. The van der Waals surface area contributed by atoms with Gasteiger partial charge in [-0.25, -0.2) is 13.4 Å². The molecular weight excluding hydrogens is 438 g/mol. The SMILES string of the molecule is CCS(=O)(=O)c1ccn([C@@H](CC2CCOCC2)C(=O)Nc2ncc(Cl)s2)c(=O)c1. The molecule has 1 N–H and O–H groups in total. The van der Waals surface area contributed by atoms with Crippen LogP contribution in [-0.2, 0) is 19.4 Å². The molecule has 11 heteroatoms. The predicted molar refractivity (Wildman–Crippen MR) is 111 cm³/mol. The van der Waals surface area contributed by atoms with Crippen LogP contribution < -0.4 is 10.9 Å². The van der Waals surface area contributed by atoms with Crippen molar-refractivity contribution in [2.24, 2.45) is 5.92 Å². The zero-order valence-electron chi connectivity index (χ0n) is 15.8. The quantitative estimate of drug-likeness (QED) is 0.682. The molecular formula is C18H22ClN3O5S2. The predicted octanol–water partition coefficient (Wildman–Crippen LogP) is 2.75. The summed E-state index contributed by atoms with van der Waals surface area (Å²) in [5, 5.41) is 3.05. The fourth-order valence-corrected chi connectivity index (χ4v) is 4.93. The minimum absolute atomic E-state index is 0.0434. The van der Waals surface area contributed by atoms with E-state index >= 15 is 0 Å². The largest absolute Gasteiger partial charge is 0.381 e. The van der Waals surface area contributed by atoms with E-state index in [0.717, 1.165) is 30.2 Å². The Morgan fingerprint density at radius 3 is 2.76 bits per heavy atom. The van der Waals surface area contributed by atoms with Gasteiger partial charge in [-0.2, -0.15) is 0 Å². The highest BCUT2D eigenvalue weighted by Crippen LogP contribution is 2.28. The molecule has 3 heterocycles. The average Bonchev–Trinajstić information content (AvgIpc) is 3.11. The first-order valence-corrected chi connectivity index (χ1v) is 12.1. The van der Waals surface area contributed by atoms with Crippen LogP contribution >= 0.6 is 22.9 Å². The number of anilines is 1. The van der Waals surface area contributed by atoms with Crippen LogP contribution in [0.5, 0.6) is 0 Å². The molecule has 0 bridgehead atoms. The molecule has 1 saturated heterocycles. The van der Waals surface area contributed by atoms with Gasteiger partial charge in [0.15, 0.2) is 15.0 Å². The smallest absolute Gasteiger partial charge is 0.252 e. The number of amides is 1. The molecule has 158 valence electrons. The lowest BCUT2D eigenvalue weighted by atomic mass is 9.92. The molecule has 8 nitrogen and oxygen atoms in total. The molecule has 2 aromatic rings. The van der Waals surface area contributed by atoms with Gasteiger partial charge in [0.2, 0.25) is 5.91 Å². The summed E-state index contributed by atoms with van der Waals surface area (Å²) < 4.78 is 31.2. The fraction of sp³-hybridized carbons (Fsp3) is 0.500. The minimum atomic E-state index is -3.51. The third kappa shape index (κ3) is 5.44. The highest BCUT2D eigenvalue weighted by Gasteiger charge is 2.28. The molecule has 0 spiro atoms. The first-order valence-electron chi connectivity index (χ1n) is 9.25. The Morgan fingerprint density at radius 2 is 2.17 bits per heavy atom. The van der Waals surface area contributed by atoms with Crippen LogP contribution in [0.25, 0.3) is 0 Å². The van der Waals surface area contributed by atoms with E-state index in [0.29, 0.717) is 29.1 Å². The number of pyridine rings is 1. The van der Waals surface area contributed by atoms with E-state index in [4.69, 9.17) is 16.3 Å². The van der Waals surface area contributed by atoms with Gasteiger partial charge in [-0.15, -0.1) is 0 Å². The van der Waals surface area contributed by atoms with Gasteiger partial charge in [0, 0.05) is 25.5 Å². The van der Waals surface area contributed by atoms with E-state index in [1.807, 2.05) is 0 Å². The van der Waals surface area contributed by atoms with Crippen LogP contribution in [0.4, 0.5) is 5.13 Å². The molecule has 1 aliphatic heterocycles. The van der Waals surface area contributed by atoms with Crippen molar-refractivity contribution in [2.45, 2.75) is 37.1 Å². The number of hydrogen-bond donors (Lipinski definition) is 1. The molecule has 0 radical (unpaired) electrons. The standard InChI is InChI=1S/C18H22ClN3O5S2/c1-2-29(25,26)13-3-6-22(16(23)10-13)14(9-12-4-7-27-8-5-12)17(24)21-18-20-11-15(19)28-18/h3,6,10-12,14H,2,4-5,7-9H2,1H3,(H,20,21,24)/t14-/m0/s1. The van der Waals surface area contributed by atoms with Crippen molar-refractivity contribution in [3.05, 3.63) is 39.2 Å². The molecule has 1 aliphatic rings. The van der Waals surface area contributed by atoms with Gasteiger partial charge >= 0.3 is 0 Å². The van der Waals surface area contributed by atoms with Crippen molar-refractivity contribution in [3.8, 4) is 0 Å². The van der Waals surface area contributed by atoms with Crippen LogP contribution in [0.2, 0.25) is 4.34 Å². The summed E-state index contributed by atoms with van der Waals surface area (Å²) in [7, 11) is -3.51. The van der Waals surface area contributed by atoms with E-state index in [1.54, 1.807) is 0 Å². The van der Waals surface area contributed by atoms with Crippen LogP contribution in [0.3, 0.4) is 0 Å². The third-order valence-corrected chi connectivity index (χ3v) is 7.66. The number of halogens is 1. The fourth-order valence-electron chi connectivity index (χ4n) is 3.23. The van der Waals surface area contributed by atoms with Gasteiger partial charge in [-0.05, 0) is 31.2 Å². The molecule has 1 amide bonds. The van der Waals surface area contributed by atoms with Gasteiger partial charge in [-0.1, -0.05) is 29.9 Å². The number of rotatable bonds is 7. The Bertz CT molecular complexity index is 1030. The Hall–Kier alpha value is -1.75. The number of sulfone groups is 1. The number of nitrogens with one attached hydrogen (secondary N) is 1. The van der Waals surface area contributed by atoms with Gasteiger partial charge in [0.25, 0.3) is 5.56 Å². The maximum absolute atomic E-state index is 13.0. The van der Waals surface area contributed by atoms with Gasteiger partial charge in [-0.3, -0.25) is 9.59 Å². The lowest BCUT2D eigenvalue weighted by Crippen LogP contribution is -2.35. The molecule has 0 saturated carbocycles. The summed E-state index contributed by atoms with van der Waals surface area (Å²) in [6.07, 6.45) is 4.84. The molecule has 3 rings (SSSR count). The Labute approximate surface area is 177 Å². The number of nitrogens with zero attached hydrogens (tertiary/aromatic N) is 2. The first kappa shape index (κ1) is 21.9. The lowest BCUT2D eigenvalue weighted by molar-refractivity contribution is -0.120. The number of hydrogen-bond acceptors (Lipinski definition) is 7. The van der Waals surface area contributed by atoms with Crippen molar-refractivity contribution in [1.29, 1.82) is 0 Å². The van der Waals surface area contributed by atoms with Gasteiger partial charge < -0.3 is 14.6 Å². The van der Waals surface area contributed by atoms with Crippen molar-refractivity contribution in [2.75, 3.05) is 24.3 Å². The minimum Gasteiger partial charge on any atom is -0.381 e. The number of ether oxygens (including phenoxy) is 1. The molecule has 1 atom stereocenters. The number of aromatic nitrogens is 2. The van der Waals surface area contributed by atoms with Crippen molar-refractivity contribution >= 4 is 43.8 Å². The highest BCUT2D eigenvalue weighted by molar-refractivity contribution is 7.91. The van der Waals surface area contributed by atoms with E-state index in [2.05, 4.69) is 10.3 Å². The second kappa shape index (κ2) is 9.38. The van der Waals surface area contributed by atoms with Crippen molar-refractivity contribution in [1.82, 2.24) is 9.55 Å². The molecule has 0 unspecified atom stereocenters. The second-order valence-electron chi connectivity index (χ2n) is 6.78. The van der Waals surface area contributed by atoms with Gasteiger partial charge in [0.1, 0.15) is 10.4 Å². The second-order valence-corrected chi connectivity index (χ2v) is 10.7. The molecule has 1 fully saturated rings. The van der Waals surface area contributed by atoms with Crippen LogP contribution in [0.1, 0.15) is 32.2 Å². The normalized spacial score (nSPS) is 16.5. The highest BCUT2D eigenvalue weighted by atomic mass is 35.5. The summed E-state index contributed by atoms with van der Waals surface area (Å²) >= 11 is 7.00. The van der Waals surface area contributed by atoms with Crippen LogP contribution in [-0.4, -0.2) is 42.8 Å². The van der Waals surface area contributed by atoms with Crippen LogP contribution in [0, 0.1) is 5.92 Å². The van der Waals surface area contributed by atoms with E-state index in [1.165, 1.54) is 30.0 Å². The Morgan fingerprint density at radius 1 is 1.45 bits per heavy atom. The monoisotopic (exact) mass is 459 g/mol. The van der Waals surface area contributed by atoms with Crippen molar-refractivity contribution in [3.63, 3.8) is 0 Å². The first-order chi connectivity index (χ1) is 13.8. The summed E-state index contributed by atoms with van der Waals surface area (Å²) in [5.74, 6) is -0.284. The Balaban J connectivity index is 1.91. The Kier molecular flexibility index (Phi) is 7.10. The molecule has 0 aromatic carbocycles. The molecule has 0 aliphatic carbocycles. The summed E-state index contributed by atoms with van der Waals surface area (Å²) in [6.45, 7) is 2.74. The topological polar surface area (TPSA) is 107 Å². The number of carbonyl (C=O) groups is 1. The molecule has 2 aromatic heterocycles.